The standard InChI is InChI=1S/C22H26N8OS/c23-22-21-20(25-14-26-22)16(6-24-21)8-29-9-17(19(31)11-29)12-32-13-18-10-30(28-27-18)7-15-4-2-1-3-5-15/h1-6,10,14,17,19,24,31H,7-9,11-13H2,(H2,23,25,26)/t17-,19+/m1/s1. The molecule has 1 fully saturated rings. The second-order valence-electron chi connectivity index (χ2n) is 8.23. The number of benzene rings is 1. The first-order chi connectivity index (χ1) is 15.7. The summed E-state index contributed by atoms with van der Waals surface area (Å²) in [6.45, 7) is 2.95. The Morgan fingerprint density at radius 1 is 1.16 bits per heavy atom. The van der Waals surface area contributed by atoms with Crippen molar-refractivity contribution in [2.24, 2.45) is 5.92 Å². The Morgan fingerprint density at radius 2 is 2.03 bits per heavy atom. The molecule has 0 bridgehead atoms. The summed E-state index contributed by atoms with van der Waals surface area (Å²) in [5, 5.41) is 19.1. The molecule has 1 saturated heterocycles. The summed E-state index contributed by atoms with van der Waals surface area (Å²) in [6, 6.07) is 10.2. The van der Waals surface area contributed by atoms with E-state index in [2.05, 4.69) is 42.3 Å². The molecule has 3 aromatic heterocycles. The third kappa shape index (κ3) is 4.62. The lowest BCUT2D eigenvalue weighted by molar-refractivity contribution is 0.149. The Kier molecular flexibility index (Phi) is 6.06. The number of nitrogens with zero attached hydrogens (tertiary/aromatic N) is 6. The Bertz CT molecular complexity index is 1180. The number of anilines is 1. The van der Waals surface area contributed by atoms with Crippen molar-refractivity contribution in [3.05, 3.63) is 65.9 Å². The van der Waals surface area contributed by atoms with Crippen molar-refractivity contribution >= 4 is 28.6 Å². The molecule has 10 heteroatoms. The summed E-state index contributed by atoms with van der Waals surface area (Å²) in [6.07, 6.45) is 5.09. The molecule has 4 N–H and O–H groups in total. The van der Waals surface area contributed by atoms with E-state index in [1.807, 2.05) is 35.3 Å². The highest BCUT2D eigenvalue weighted by Crippen LogP contribution is 2.26. The van der Waals surface area contributed by atoms with Gasteiger partial charge in [0.1, 0.15) is 11.8 Å². The van der Waals surface area contributed by atoms with Crippen LogP contribution in [0.5, 0.6) is 0 Å². The molecule has 166 valence electrons. The number of nitrogens with two attached hydrogens (primary N) is 1. The lowest BCUT2D eigenvalue weighted by Gasteiger charge is -2.14. The van der Waals surface area contributed by atoms with Crippen molar-refractivity contribution in [3.63, 3.8) is 0 Å². The smallest absolute Gasteiger partial charge is 0.151 e. The van der Waals surface area contributed by atoms with E-state index in [1.54, 1.807) is 11.8 Å². The molecule has 2 atom stereocenters. The number of likely N-dealkylation sites (tertiary alicyclic amines) is 1. The Hall–Kier alpha value is -2.95. The first-order valence-electron chi connectivity index (χ1n) is 10.6. The van der Waals surface area contributed by atoms with E-state index in [0.29, 0.717) is 12.4 Å². The molecule has 5 rings (SSSR count). The van der Waals surface area contributed by atoms with Gasteiger partial charge in [0.25, 0.3) is 0 Å². The van der Waals surface area contributed by atoms with E-state index in [-0.39, 0.29) is 12.0 Å². The van der Waals surface area contributed by atoms with Crippen molar-refractivity contribution in [2.45, 2.75) is 24.9 Å². The highest BCUT2D eigenvalue weighted by molar-refractivity contribution is 7.98. The third-order valence-corrected chi connectivity index (χ3v) is 6.97. The van der Waals surface area contributed by atoms with Gasteiger partial charge in [-0.3, -0.25) is 4.90 Å². The molecule has 1 aliphatic heterocycles. The topological polar surface area (TPSA) is 122 Å². The summed E-state index contributed by atoms with van der Waals surface area (Å²) in [4.78, 5) is 13.8. The molecule has 4 heterocycles. The number of nitrogens with one attached hydrogen (secondary N) is 1. The normalized spacial score (nSPS) is 19.2. The largest absolute Gasteiger partial charge is 0.391 e. The predicted octanol–water partition coefficient (Wildman–Crippen LogP) is 1.91. The minimum absolute atomic E-state index is 0.226. The fourth-order valence-electron chi connectivity index (χ4n) is 4.18. The average molecular weight is 451 g/mol. The van der Waals surface area contributed by atoms with Crippen LogP contribution in [0.4, 0.5) is 5.82 Å². The number of β-amino-alcohol motifs (C(OH)–C–C–N with tert-alkyl or cyclic N) is 1. The minimum atomic E-state index is -0.332. The molecule has 0 aliphatic carbocycles. The number of nitrogen functional groups attached to an aromatic ring is 1. The number of aliphatic hydroxyl groups is 1. The zero-order chi connectivity index (χ0) is 21.9. The van der Waals surface area contributed by atoms with Gasteiger partial charge in [0, 0.05) is 55.0 Å². The molecule has 1 aliphatic rings. The molecule has 1 aromatic carbocycles. The Balaban J connectivity index is 1.11. The van der Waals surface area contributed by atoms with Crippen LogP contribution in [0.3, 0.4) is 0 Å². The van der Waals surface area contributed by atoms with Crippen molar-refractivity contribution < 1.29 is 5.11 Å². The quantitative estimate of drug-likeness (QED) is 0.372. The monoisotopic (exact) mass is 450 g/mol. The number of aliphatic hydroxyl groups excluding tert-OH is 1. The van der Waals surface area contributed by atoms with Crippen molar-refractivity contribution in [1.82, 2.24) is 34.8 Å². The highest BCUT2D eigenvalue weighted by Gasteiger charge is 2.31. The highest BCUT2D eigenvalue weighted by atomic mass is 32.2. The van der Waals surface area contributed by atoms with Gasteiger partial charge in [-0.05, 0) is 5.56 Å². The number of fused-ring (bicyclic) bond motifs is 1. The van der Waals surface area contributed by atoms with Gasteiger partial charge in [0.05, 0.1) is 23.9 Å². The van der Waals surface area contributed by atoms with E-state index in [9.17, 15) is 5.11 Å². The molecular weight excluding hydrogens is 424 g/mol. The first kappa shape index (κ1) is 20.9. The molecule has 32 heavy (non-hydrogen) atoms. The second kappa shape index (κ2) is 9.27. The van der Waals surface area contributed by atoms with Crippen LogP contribution >= 0.6 is 11.8 Å². The maximum absolute atomic E-state index is 10.6. The molecule has 4 aromatic rings. The Labute approximate surface area is 190 Å². The maximum atomic E-state index is 10.6. The first-order valence-corrected chi connectivity index (χ1v) is 11.8. The number of H-pyrrole nitrogens is 1. The lowest BCUT2D eigenvalue weighted by Crippen LogP contribution is -2.21. The summed E-state index contributed by atoms with van der Waals surface area (Å²) in [5.41, 5.74) is 10.8. The molecule has 0 saturated carbocycles. The average Bonchev–Trinajstić information content (AvgIpc) is 3.50. The Morgan fingerprint density at radius 3 is 2.91 bits per heavy atom. The predicted molar refractivity (Wildman–Crippen MR) is 125 cm³/mol. The summed E-state index contributed by atoms with van der Waals surface area (Å²) in [5.74, 6) is 2.35. The van der Waals surface area contributed by atoms with Crippen LogP contribution in [0.1, 0.15) is 16.8 Å². The van der Waals surface area contributed by atoms with E-state index in [4.69, 9.17) is 5.73 Å². The second-order valence-corrected chi connectivity index (χ2v) is 9.26. The van der Waals surface area contributed by atoms with Crippen molar-refractivity contribution in [2.75, 3.05) is 24.6 Å². The van der Waals surface area contributed by atoms with Crippen LogP contribution in [0.2, 0.25) is 0 Å². The fourth-order valence-corrected chi connectivity index (χ4v) is 5.27. The van der Waals surface area contributed by atoms with E-state index in [1.165, 1.54) is 11.9 Å². The number of aromatic amines is 1. The number of hydrogen-bond acceptors (Lipinski definition) is 8. The molecule has 0 spiro atoms. The van der Waals surface area contributed by atoms with E-state index < -0.39 is 0 Å². The van der Waals surface area contributed by atoms with Crippen LogP contribution in [-0.4, -0.2) is 64.9 Å². The molecule has 0 unspecified atom stereocenters. The minimum Gasteiger partial charge on any atom is -0.391 e. The van der Waals surface area contributed by atoms with Crippen molar-refractivity contribution in [3.8, 4) is 0 Å². The lowest BCUT2D eigenvalue weighted by atomic mass is 10.1. The zero-order valence-electron chi connectivity index (χ0n) is 17.6. The molecular formula is C22H26N8OS. The van der Waals surface area contributed by atoms with Crippen LogP contribution in [0.15, 0.2) is 49.1 Å². The SMILES string of the molecule is Nc1ncnc2c(CN3C[C@H](CSCc4cn(Cc5ccccc5)nn4)[C@@H](O)C3)c[nH]c12. The van der Waals surface area contributed by atoms with Crippen LogP contribution in [-0.2, 0) is 18.8 Å². The molecule has 0 radical (unpaired) electrons. The van der Waals surface area contributed by atoms with E-state index >= 15 is 0 Å². The van der Waals surface area contributed by atoms with Gasteiger partial charge in [0.15, 0.2) is 5.82 Å². The number of rotatable bonds is 8. The fraction of sp³-hybridized carbons (Fsp3) is 0.364. The van der Waals surface area contributed by atoms with Gasteiger partial charge in [-0.2, -0.15) is 11.8 Å². The third-order valence-electron chi connectivity index (χ3n) is 5.80. The van der Waals surface area contributed by atoms with Gasteiger partial charge in [0.2, 0.25) is 0 Å². The van der Waals surface area contributed by atoms with Crippen LogP contribution in [0, 0.1) is 5.92 Å². The summed E-state index contributed by atoms with van der Waals surface area (Å²) >= 11 is 1.80. The molecule has 9 nitrogen and oxygen atoms in total. The summed E-state index contributed by atoms with van der Waals surface area (Å²) in [7, 11) is 0. The van der Waals surface area contributed by atoms with Gasteiger partial charge in [-0.15, -0.1) is 5.10 Å². The van der Waals surface area contributed by atoms with Crippen LogP contribution < -0.4 is 5.73 Å². The number of hydrogen-bond donors (Lipinski definition) is 3. The zero-order valence-corrected chi connectivity index (χ0v) is 18.4. The number of thioether (sulfide) groups is 1. The van der Waals surface area contributed by atoms with Gasteiger partial charge >= 0.3 is 0 Å². The van der Waals surface area contributed by atoms with Gasteiger partial charge in [-0.25, -0.2) is 14.6 Å². The number of aromatic nitrogens is 6. The van der Waals surface area contributed by atoms with Gasteiger partial charge in [-0.1, -0.05) is 35.5 Å². The van der Waals surface area contributed by atoms with Crippen LogP contribution in [0.25, 0.3) is 11.0 Å². The van der Waals surface area contributed by atoms with Crippen molar-refractivity contribution in [1.29, 1.82) is 0 Å². The maximum Gasteiger partial charge on any atom is 0.151 e. The summed E-state index contributed by atoms with van der Waals surface area (Å²) < 4.78 is 1.87. The van der Waals surface area contributed by atoms with Gasteiger partial charge < -0.3 is 15.8 Å². The molecule has 0 amide bonds. The van der Waals surface area contributed by atoms with E-state index in [0.717, 1.165) is 53.4 Å².